The highest BCUT2D eigenvalue weighted by molar-refractivity contribution is 7.79. The largest absolute Gasteiger partial charge is 0.494 e. The van der Waals surface area contributed by atoms with Gasteiger partial charge in [-0.2, -0.15) is 12.6 Å². The molecule has 2 nitrogen and oxygen atoms in total. The molecule has 20 heavy (non-hydrogen) atoms. The van der Waals surface area contributed by atoms with Gasteiger partial charge >= 0.3 is 7.12 Å². The smallest absolute Gasteiger partial charge is 0.399 e. The number of rotatable bonds is 2. The van der Waals surface area contributed by atoms with Gasteiger partial charge in [-0.1, -0.05) is 12.0 Å². The van der Waals surface area contributed by atoms with Crippen LogP contribution in [-0.4, -0.2) is 18.3 Å². The summed E-state index contributed by atoms with van der Waals surface area (Å²) < 4.78 is 12.1. The van der Waals surface area contributed by atoms with Crippen molar-refractivity contribution in [2.24, 2.45) is 0 Å². The maximum absolute atomic E-state index is 6.07. The van der Waals surface area contributed by atoms with Crippen molar-refractivity contribution in [1.29, 1.82) is 0 Å². The Kier molecular flexibility index (Phi) is 3.99. The number of hydrogen-bond donors (Lipinski definition) is 1. The fourth-order valence-electron chi connectivity index (χ4n) is 2.23. The van der Waals surface area contributed by atoms with Crippen molar-refractivity contribution in [3.05, 3.63) is 28.8 Å². The fourth-order valence-corrected chi connectivity index (χ4v) is 2.56. The van der Waals surface area contributed by atoms with E-state index in [1.165, 1.54) is 0 Å². The summed E-state index contributed by atoms with van der Waals surface area (Å²) >= 11 is 4.37. The van der Waals surface area contributed by atoms with E-state index in [1.807, 2.05) is 40.7 Å². The zero-order valence-electron chi connectivity index (χ0n) is 12.8. The average Bonchev–Trinajstić information content (AvgIpc) is 2.58. The predicted octanol–water partition coefficient (Wildman–Crippen LogP) is 2.71. The molecule has 4 heteroatoms. The van der Waals surface area contributed by atoms with Crippen molar-refractivity contribution >= 4 is 25.2 Å². The van der Waals surface area contributed by atoms with E-state index in [1.54, 1.807) is 0 Å². The van der Waals surface area contributed by atoms with Crippen molar-refractivity contribution in [1.82, 2.24) is 0 Å². The topological polar surface area (TPSA) is 18.5 Å². The lowest BCUT2D eigenvalue weighted by molar-refractivity contribution is 0.00578. The van der Waals surface area contributed by atoms with Crippen LogP contribution < -0.4 is 5.46 Å². The van der Waals surface area contributed by atoms with Crippen LogP contribution in [-0.2, 0) is 15.1 Å². The minimum absolute atomic E-state index is 0.347. The summed E-state index contributed by atoms with van der Waals surface area (Å²) in [4.78, 5) is 0. The molecule has 1 aromatic rings. The first-order valence-electron chi connectivity index (χ1n) is 6.78. The highest BCUT2D eigenvalue weighted by Gasteiger charge is 2.51. The molecule has 0 amide bonds. The maximum atomic E-state index is 6.07. The molecule has 1 fully saturated rings. The van der Waals surface area contributed by atoms with E-state index in [0.717, 1.165) is 22.2 Å². The van der Waals surface area contributed by atoms with E-state index in [-0.39, 0.29) is 18.3 Å². The Morgan fingerprint density at radius 1 is 1.20 bits per heavy atom. The summed E-state index contributed by atoms with van der Waals surface area (Å²) in [7, 11) is -0.383. The van der Waals surface area contributed by atoms with Crippen LogP contribution in [0.15, 0.2) is 12.1 Å². The molecule has 106 valence electrons. The molecule has 1 aliphatic rings. The van der Waals surface area contributed by atoms with Crippen molar-refractivity contribution in [3.63, 3.8) is 0 Å². The lowest BCUT2D eigenvalue weighted by Gasteiger charge is -2.32. The third-order valence-corrected chi connectivity index (χ3v) is 4.73. The van der Waals surface area contributed by atoms with Crippen LogP contribution in [0.3, 0.4) is 0 Å². The molecule has 1 heterocycles. The highest BCUT2D eigenvalue weighted by atomic mass is 32.1. The van der Waals surface area contributed by atoms with Crippen LogP contribution >= 0.6 is 12.6 Å². The second-order valence-electron chi connectivity index (χ2n) is 6.24. The summed E-state index contributed by atoms with van der Waals surface area (Å²) in [6, 6.07) is 4.05. The fraction of sp³-hybridized carbons (Fsp3) is 0.500. The van der Waals surface area contributed by atoms with E-state index < -0.39 is 0 Å². The van der Waals surface area contributed by atoms with Gasteiger partial charge in [-0.05, 0) is 57.3 Å². The first-order valence-corrected chi connectivity index (χ1v) is 7.41. The molecule has 0 bridgehead atoms. The van der Waals surface area contributed by atoms with Crippen molar-refractivity contribution in [3.8, 4) is 12.3 Å². The summed E-state index contributed by atoms with van der Waals surface area (Å²) in [6.45, 7) is 10.2. The van der Waals surface area contributed by atoms with Gasteiger partial charge < -0.3 is 9.31 Å². The van der Waals surface area contributed by atoms with Gasteiger partial charge in [0.05, 0.1) is 11.2 Å². The molecule has 1 saturated heterocycles. The normalized spacial score (nSPS) is 19.9. The average molecular weight is 288 g/mol. The van der Waals surface area contributed by atoms with Gasteiger partial charge in [-0.15, -0.1) is 6.42 Å². The molecule has 0 atom stereocenters. The molecule has 2 rings (SSSR count). The zero-order valence-corrected chi connectivity index (χ0v) is 13.7. The first-order chi connectivity index (χ1) is 9.21. The van der Waals surface area contributed by atoms with Gasteiger partial charge in [0, 0.05) is 11.3 Å². The predicted molar refractivity (Wildman–Crippen MR) is 87.5 cm³/mol. The Morgan fingerprint density at radius 3 is 2.20 bits per heavy atom. The second kappa shape index (κ2) is 5.14. The minimum atomic E-state index is -0.383. The highest BCUT2D eigenvalue weighted by Crippen LogP contribution is 2.36. The molecule has 0 radical (unpaired) electrons. The quantitative estimate of drug-likeness (QED) is 0.512. The van der Waals surface area contributed by atoms with Crippen LogP contribution in [0.2, 0.25) is 0 Å². The van der Waals surface area contributed by atoms with Crippen LogP contribution in [0, 0.1) is 19.3 Å². The molecular formula is C16H21BO2S. The monoisotopic (exact) mass is 288 g/mol. The Hall–Kier alpha value is -0.885. The number of hydrogen-bond acceptors (Lipinski definition) is 3. The van der Waals surface area contributed by atoms with Gasteiger partial charge in [-0.25, -0.2) is 0 Å². The molecule has 0 N–H and O–H groups in total. The Morgan fingerprint density at radius 2 is 1.75 bits per heavy atom. The second-order valence-corrected chi connectivity index (χ2v) is 6.56. The summed E-state index contributed by atoms with van der Waals surface area (Å²) in [5, 5.41) is 0. The lowest BCUT2D eigenvalue weighted by Crippen LogP contribution is -2.41. The number of terminal acetylenes is 1. The molecule has 1 aromatic carbocycles. The van der Waals surface area contributed by atoms with Gasteiger partial charge in [0.2, 0.25) is 0 Å². The van der Waals surface area contributed by atoms with Crippen molar-refractivity contribution in [2.45, 2.75) is 51.6 Å². The Bertz CT molecular complexity index is 557. The molecule has 0 aromatic heterocycles. The van der Waals surface area contributed by atoms with Crippen LogP contribution in [0.1, 0.15) is 44.4 Å². The molecule has 0 unspecified atom stereocenters. The van der Waals surface area contributed by atoms with Crippen LogP contribution in [0.5, 0.6) is 0 Å². The van der Waals surface area contributed by atoms with E-state index >= 15 is 0 Å². The summed E-state index contributed by atoms with van der Waals surface area (Å²) in [5.74, 6) is 3.38. The molecular weight excluding hydrogens is 267 g/mol. The van der Waals surface area contributed by atoms with Crippen molar-refractivity contribution < 1.29 is 9.31 Å². The lowest BCUT2D eigenvalue weighted by atomic mass is 9.76. The standard InChI is InChI=1S/C16H21BO2S/c1-7-12-8-14(9-13(10-20)11(12)2)17-18-15(3,4)16(5,6)19-17/h1,8-9,20H,10H2,2-6H3. The van der Waals surface area contributed by atoms with Gasteiger partial charge in [0.15, 0.2) is 0 Å². The van der Waals surface area contributed by atoms with Crippen LogP contribution in [0.4, 0.5) is 0 Å². The molecule has 0 saturated carbocycles. The maximum Gasteiger partial charge on any atom is 0.494 e. The van der Waals surface area contributed by atoms with Crippen LogP contribution in [0.25, 0.3) is 0 Å². The SMILES string of the molecule is C#Cc1cc(B2OC(C)(C)C(C)(C)O2)cc(CS)c1C. The van der Waals surface area contributed by atoms with Gasteiger partial charge in [0.1, 0.15) is 0 Å². The van der Waals surface area contributed by atoms with E-state index in [9.17, 15) is 0 Å². The van der Waals surface area contributed by atoms with Crippen molar-refractivity contribution in [2.75, 3.05) is 0 Å². The third kappa shape index (κ3) is 2.51. The van der Waals surface area contributed by atoms with E-state index in [4.69, 9.17) is 15.7 Å². The third-order valence-electron chi connectivity index (χ3n) is 4.39. The molecule has 0 aliphatic carbocycles. The Labute approximate surface area is 127 Å². The van der Waals surface area contributed by atoms with Gasteiger partial charge in [0.25, 0.3) is 0 Å². The number of thiol groups is 1. The van der Waals surface area contributed by atoms with E-state index in [0.29, 0.717) is 5.75 Å². The van der Waals surface area contributed by atoms with E-state index in [2.05, 4.69) is 24.6 Å². The Balaban J connectivity index is 2.43. The molecule has 1 aliphatic heterocycles. The summed E-state index contributed by atoms with van der Waals surface area (Å²) in [5.41, 5.74) is 3.36. The minimum Gasteiger partial charge on any atom is -0.399 e. The summed E-state index contributed by atoms with van der Waals surface area (Å²) in [6.07, 6.45) is 5.59. The number of benzene rings is 1. The zero-order chi connectivity index (χ0) is 15.1. The van der Waals surface area contributed by atoms with Gasteiger partial charge in [-0.3, -0.25) is 0 Å². The first kappa shape index (κ1) is 15.5. The molecule has 0 spiro atoms.